The van der Waals surface area contributed by atoms with E-state index in [4.69, 9.17) is 10.2 Å². The van der Waals surface area contributed by atoms with E-state index in [0.717, 1.165) is 21.7 Å². The second kappa shape index (κ2) is 8.18. The molecular weight excluding hydrogens is 376 g/mol. The molecule has 3 aromatic rings. The van der Waals surface area contributed by atoms with E-state index in [1.807, 2.05) is 24.6 Å². The molecule has 0 spiro atoms. The Kier molecular flexibility index (Phi) is 5.88. The summed E-state index contributed by atoms with van der Waals surface area (Å²) in [6, 6.07) is 5.59. The summed E-state index contributed by atoms with van der Waals surface area (Å²) in [5.41, 5.74) is 8.70. The summed E-state index contributed by atoms with van der Waals surface area (Å²) in [6.45, 7) is 6.33. The molecule has 0 atom stereocenters. The predicted octanol–water partition coefficient (Wildman–Crippen LogP) is 3.06. The minimum absolute atomic E-state index is 0.234. The summed E-state index contributed by atoms with van der Waals surface area (Å²) in [4.78, 5) is 23.0. The number of primary amides is 1. The highest BCUT2D eigenvalue weighted by Crippen LogP contribution is 2.30. The third kappa shape index (κ3) is 4.27. The van der Waals surface area contributed by atoms with Crippen molar-refractivity contribution in [2.75, 3.05) is 0 Å². The molecule has 148 valence electrons. The molecule has 0 radical (unpaired) electrons. The molecule has 28 heavy (non-hydrogen) atoms. The summed E-state index contributed by atoms with van der Waals surface area (Å²) in [6.07, 6.45) is 0.687. The Bertz CT molecular complexity index is 1080. The van der Waals surface area contributed by atoms with Crippen molar-refractivity contribution in [1.29, 1.82) is 0 Å². The van der Waals surface area contributed by atoms with E-state index in [0.29, 0.717) is 29.5 Å². The number of hydrogen-bond donors (Lipinski definition) is 1. The Morgan fingerprint density at radius 3 is 2.71 bits per heavy atom. The van der Waals surface area contributed by atoms with Crippen molar-refractivity contribution in [1.82, 2.24) is 14.8 Å². The van der Waals surface area contributed by atoms with Crippen molar-refractivity contribution in [3.05, 3.63) is 51.1 Å². The minimum Gasteiger partial charge on any atom is -0.423 e. The van der Waals surface area contributed by atoms with Gasteiger partial charge in [-0.2, -0.15) is 0 Å². The first-order valence-corrected chi connectivity index (χ1v) is 10.1. The van der Waals surface area contributed by atoms with Crippen molar-refractivity contribution >= 4 is 28.6 Å². The highest BCUT2D eigenvalue weighted by atomic mass is 32.2. The van der Waals surface area contributed by atoms with Gasteiger partial charge in [0.25, 0.3) is 0 Å². The average molecular weight is 401 g/mol. The maximum atomic E-state index is 12.0. The number of rotatable bonds is 7. The van der Waals surface area contributed by atoms with E-state index in [1.165, 1.54) is 17.3 Å². The van der Waals surface area contributed by atoms with Crippen LogP contribution in [0.2, 0.25) is 0 Å². The molecule has 2 aromatic heterocycles. The molecule has 7 nitrogen and oxygen atoms in total. The summed E-state index contributed by atoms with van der Waals surface area (Å²) >= 11 is 1.49. The first kappa shape index (κ1) is 20.1. The van der Waals surface area contributed by atoms with Gasteiger partial charge in [0.2, 0.25) is 5.91 Å². The number of carbonyl (C=O) groups is 1. The van der Waals surface area contributed by atoms with Gasteiger partial charge in [0.1, 0.15) is 11.4 Å². The van der Waals surface area contributed by atoms with Crippen molar-refractivity contribution in [3.8, 4) is 0 Å². The van der Waals surface area contributed by atoms with E-state index < -0.39 is 0 Å². The van der Waals surface area contributed by atoms with Gasteiger partial charge in [-0.15, -0.1) is 10.2 Å². The van der Waals surface area contributed by atoms with Crippen LogP contribution in [0.15, 0.2) is 32.6 Å². The number of nitrogens with two attached hydrogens (primary N) is 1. The zero-order chi connectivity index (χ0) is 20.4. The van der Waals surface area contributed by atoms with Gasteiger partial charge in [-0.3, -0.25) is 4.79 Å². The Morgan fingerprint density at radius 1 is 1.29 bits per heavy atom. The number of aryl methyl sites for hydroxylation is 2. The number of aromatic nitrogens is 3. The van der Waals surface area contributed by atoms with Crippen molar-refractivity contribution in [3.63, 3.8) is 0 Å². The van der Waals surface area contributed by atoms with E-state index in [-0.39, 0.29) is 18.0 Å². The zero-order valence-electron chi connectivity index (χ0n) is 16.5. The molecule has 0 saturated heterocycles. The monoisotopic (exact) mass is 400 g/mol. The number of carbonyl (C=O) groups excluding carboxylic acids is 1. The Balaban J connectivity index is 1.89. The van der Waals surface area contributed by atoms with E-state index in [2.05, 4.69) is 30.1 Å². The number of fused-ring (bicyclic) bond motifs is 1. The van der Waals surface area contributed by atoms with Gasteiger partial charge in [-0.05, 0) is 41.7 Å². The molecule has 0 saturated carbocycles. The second-order valence-electron chi connectivity index (χ2n) is 7.16. The highest BCUT2D eigenvalue weighted by Gasteiger charge is 2.14. The van der Waals surface area contributed by atoms with Gasteiger partial charge in [-0.1, -0.05) is 25.6 Å². The van der Waals surface area contributed by atoms with E-state index in [1.54, 1.807) is 6.07 Å². The third-order valence-electron chi connectivity index (χ3n) is 4.72. The molecule has 1 amide bonds. The van der Waals surface area contributed by atoms with Crippen LogP contribution in [-0.4, -0.2) is 20.7 Å². The molecule has 0 bridgehead atoms. The summed E-state index contributed by atoms with van der Waals surface area (Å²) in [5, 5.41) is 9.99. The topological polar surface area (TPSA) is 104 Å². The molecular formula is C20H24N4O3S. The zero-order valence-corrected chi connectivity index (χ0v) is 17.3. The lowest BCUT2D eigenvalue weighted by molar-refractivity contribution is -0.118. The van der Waals surface area contributed by atoms with Crippen molar-refractivity contribution in [2.45, 2.75) is 50.4 Å². The molecule has 2 N–H and O–H groups in total. The fourth-order valence-corrected chi connectivity index (χ4v) is 4.12. The Labute approximate surface area is 167 Å². The quantitative estimate of drug-likeness (QED) is 0.483. The summed E-state index contributed by atoms with van der Waals surface area (Å²) in [7, 11) is 1.86. The predicted molar refractivity (Wildman–Crippen MR) is 109 cm³/mol. The van der Waals surface area contributed by atoms with Crippen LogP contribution in [0.3, 0.4) is 0 Å². The lowest BCUT2D eigenvalue weighted by Gasteiger charge is -2.13. The Hall–Kier alpha value is -2.61. The highest BCUT2D eigenvalue weighted by molar-refractivity contribution is 7.98. The van der Waals surface area contributed by atoms with Gasteiger partial charge in [0.15, 0.2) is 5.16 Å². The molecule has 0 aliphatic heterocycles. The summed E-state index contributed by atoms with van der Waals surface area (Å²) < 4.78 is 7.26. The fraction of sp³-hybridized carbons (Fsp3) is 0.400. The van der Waals surface area contributed by atoms with Gasteiger partial charge >= 0.3 is 5.63 Å². The van der Waals surface area contributed by atoms with E-state index in [9.17, 15) is 9.59 Å². The number of nitrogens with zero attached hydrogens (tertiary/aromatic N) is 3. The van der Waals surface area contributed by atoms with Gasteiger partial charge in [0.05, 0.1) is 0 Å². The first-order valence-electron chi connectivity index (χ1n) is 9.13. The number of thioether (sulfide) groups is 1. The minimum atomic E-state index is -0.365. The standard InChI is InChI=1S/C20H24N4O3S/c1-11(2)14-9-15-13(8-19(26)27-16(15)7-12(14)3)10-28-20-23-22-18(24(20)4)6-5-17(21)25/h7-9,11H,5-6,10H2,1-4H3,(H2,21,25). The van der Waals surface area contributed by atoms with Gasteiger partial charge in [-0.25, -0.2) is 4.79 Å². The van der Waals surface area contributed by atoms with Crippen LogP contribution in [0.5, 0.6) is 0 Å². The number of amides is 1. The number of hydrogen-bond acceptors (Lipinski definition) is 6. The SMILES string of the molecule is Cc1cc2oc(=O)cc(CSc3nnc(CCC(N)=O)n3C)c2cc1C(C)C. The van der Waals surface area contributed by atoms with Gasteiger partial charge in [0, 0.05) is 37.1 Å². The molecule has 1 aromatic carbocycles. The fourth-order valence-electron chi connectivity index (χ4n) is 3.20. The van der Waals surface area contributed by atoms with Crippen LogP contribution in [0.4, 0.5) is 0 Å². The molecule has 3 rings (SSSR count). The van der Waals surface area contributed by atoms with Crippen LogP contribution in [-0.2, 0) is 24.0 Å². The molecule has 0 unspecified atom stereocenters. The van der Waals surface area contributed by atoms with Crippen LogP contribution in [0, 0.1) is 6.92 Å². The lowest BCUT2D eigenvalue weighted by Crippen LogP contribution is -2.12. The Morgan fingerprint density at radius 2 is 2.04 bits per heavy atom. The summed E-state index contributed by atoms with van der Waals surface area (Å²) in [5.74, 6) is 1.28. The van der Waals surface area contributed by atoms with Crippen LogP contribution < -0.4 is 11.4 Å². The molecule has 2 heterocycles. The largest absolute Gasteiger partial charge is 0.423 e. The molecule has 0 aliphatic carbocycles. The van der Waals surface area contributed by atoms with Crippen LogP contribution in [0.25, 0.3) is 11.0 Å². The van der Waals surface area contributed by atoms with Crippen LogP contribution in [0.1, 0.15) is 48.7 Å². The maximum Gasteiger partial charge on any atom is 0.336 e. The first-order chi connectivity index (χ1) is 13.3. The normalized spacial score (nSPS) is 11.5. The van der Waals surface area contributed by atoms with Gasteiger partial charge < -0.3 is 14.7 Å². The molecule has 0 fully saturated rings. The second-order valence-corrected chi connectivity index (χ2v) is 8.11. The number of benzene rings is 1. The molecule has 0 aliphatic rings. The smallest absolute Gasteiger partial charge is 0.336 e. The lowest BCUT2D eigenvalue weighted by atomic mass is 9.95. The molecule has 8 heteroatoms. The van der Waals surface area contributed by atoms with Crippen molar-refractivity contribution < 1.29 is 9.21 Å². The maximum absolute atomic E-state index is 12.0. The van der Waals surface area contributed by atoms with E-state index >= 15 is 0 Å². The average Bonchev–Trinajstić information content (AvgIpc) is 2.96. The van der Waals surface area contributed by atoms with Crippen LogP contribution >= 0.6 is 11.8 Å². The van der Waals surface area contributed by atoms with Crippen molar-refractivity contribution in [2.24, 2.45) is 12.8 Å². The third-order valence-corrected chi connectivity index (χ3v) is 5.78.